The van der Waals surface area contributed by atoms with E-state index in [4.69, 9.17) is 9.15 Å². The molecule has 1 aromatic heterocycles. The van der Waals surface area contributed by atoms with Crippen molar-refractivity contribution < 1.29 is 19.4 Å². The summed E-state index contributed by atoms with van der Waals surface area (Å²) in [6, 6.07) is 4.46. The van der Waals surface area contributed by atoms with Crippen LogP contribution in [0.5, 0.6) is 17.2 Å². The molecule has 0 fully saturated rings. The van der Waals surface area contributed by atoms with Crippen LogP contribution in [0.3, 0.4) is 0 Å². The van der Waals surface area contributed by atoms with E-state index >= 15 is 0 Å². The molecule has 0 spiro atoms. The zero-order valence-electron chi connectivity index (χ0n) is 12.8. The van der Waals surface area contributed by atoms with Crippen LogP contribution in [-0.4, -0.2) is 16.8 Å². The number of hydrogen-bond acceptors (Lipinski definition) is 5. The zero-order chi connectivity index (χ0) is 15.9. The molecule has 0 saturated heterocycles. The molecule has 0 unspecified atom stereocenters. The minimum absolute atomic E-state index is 0.0973. The van der Waals surface area contributed by atoms with Gasteiger partial charge in [-0.25, -0.2) is 4.79 Å². The van der Waals surface area contributed by atoms with E-state index in [0.29, 0.717) is 6.61 Å². The normalized spacial score (nSPS) is 11.0. The van der Waals surface area contributed by atoms with Crippen LogP contribution in [0.1, 0.15) is 45.4 Å². The van der Waals surface area contributed by atoms with Gasteiger partial charge in [-0.15, -0.1) is 0 Å². The molecule has 0 atom stereocenters. The Bertz CT molecular complexity index is 675. The molecular weight excluding hydrogens is 284 g/mol. The number of phenolic OH excluding ortho intramolecular Hbond substituents is 1. The Morgan fingerprint density at radius 3 is 2.59 bits per heavy atom. The van der Waals surface area contributed by atoms with Gasteiger partial charge in [-0.3, -0.25) is 0 Å². The van der Waals surface area contributed by atoms with Gasteiger partial charge >= 0.3 is 5.63 Å². The first-order chi connectivity index (χ1) is 10.6. The van der Waals surface area contributed by atoms with E-state index in [0.717, 1.165) is 19.3 Å². The highest BCUT2D eigenvalue weighted by atomic mass is 16.5. The molecule has 0 aliphatic carbocycles. The van der Waals surface area contributed by atoms with Crippen molar-refractivity contribution in [3.05, 3.63) is 28.6 Å². The summed E-state index contributed by atoms with van der Waals surface area (Å²) in [6.45, 7) is 2.50. The summed E-state index contributed by atoms with van der Waals surface area (Å²) in [5.74, 6) is -0.749. The molecule has 2 rings (SSSR count). The van der Waals surface area contributed by atoms with E-state index in [9.17, 15) is 15.0 Å². The summed E-state index contributed by atoms with van der Waals surface area (Å²) in [4.78, 5) is 11.8. The molecule has 0 radical (unpaired) electrons. The lowest BCUT2D eigenvalue weighted by atomic mass is 10.1. The maximum Gasteiger partial charge on any atom is 0.383 e. The van der Waals surface area contributed by atoms with Crippen molar-refractivity contribution in [3.8, 4) is 17.2 Å². The first-order valence-electron chi connectivity index (χ1n) is 7.75. The van der Waals surface area contributed by atoms with Gasteiger partial charge < -0.3 is 19.4 Å². The minimum Gasteiger partial charge on any atom is -0.507 e. The second kappa shape index (κ2) is 7.73. The molecule has 1 aromatic carbocycles. The molecule has 2 N–H and O–H groups in total. The number of unbranched alkanes of at least 4 members (excludes halogenated alkanes) is 5. The van der Waals surface area contributed by atoms with Crippen LogP contribution in [0.4, 0.5) is 0 Å². The monoisotopic (exact) mass is 306 g/mol. The van der Waals surface area contributed by atoms with Crippen molar-refractivity contribution in [2.75, 3.05) is 6.61 Å². The van der Waals surface area contributed by atoms with Crippen LogP contribution in [-0.2, 0) is 0 Å². The van der Waals surface area contributed by atoms with Crippen LogP contribution in [0, 0.1) is 0 Å². The fourth-order valence-corrected chi connectivity index (χ4v) is 2.38. The smallest absolute Gasteiger partial charge is 0.383 e. The molecule has 0 bridgehead atoms. The molecule has 5 heteroatoms. The zero-order valence-corrected chi connectivity index (χ0v) is 12.8. The van der Waals surface area contributed by atoms with Crippen molar-refractivity contribution in [1.82, 2.24) is 0 Å². The van der Waals surface area contributed by atoms with Gasteiger partial charge in [-0.2, -0.15) is 0 Å². The number of rotatable bonds is 8. The third-order valence-electron chi connectivity index (χ3n) is 3.59. The molecule has 0 amide bonds. The summed E-state index contributed by atoms with van der Waals surface area (Å²) in [6.07, 6.45) is 6.59. The molecule has 2 aromatic rings. The SMILES string of the molecule is CCCCCCCCOc1c(O)c2c(O)cccc2oc1=O. The highest BCUT2D eigenvalue weighted by molar-refractivity contribution is 5.90. The van der Waals surface area contributed by atoms with Gasteiger partial charge in [0.1, 0.15) is 16.7 Å². The van der Waals surface area contributed by atoms with Crippen LogP contribution in [0.2, 0.25) is 0 Å². The van der Waals surface area contributed by atoms with Crippen molar-refractivity contribution in [3.63, 3.8) is 0 Å². The quantitative estimate of drug-likeness (QED) is 0.570. The number of benzene rings is 1. The molecular formula is C17H22O5. The largest absolute Gasteiger partial charge is 0.507 e. The molecule has 0 aliphatic heterocycles. The average molecular weight is 306 g/mol. The lowest BCUT2D eigenvalue weighted by Gasteiger charge is -2.09. The van der Waals surface area contributed by atoms with Gasteiger partial charge in [-0.05, 0) is 18.6 Å². The molecule has 5 nitrogen and oxygen atoms in total. The van der Waals surface area contributed by atoms with Gasteiger partial charge in [0.25, 0.3) is 0 Å². The molecule has 0 saturated carbocycles. The van der Waals surface area contributed by atoms with E-state index in [1.807, 2.05) is 0 Å². The third kappa shape index (κ3) is 3.72. The van der Waals surface area contributed by atoms with Crippen LogP contribution in [0.15, 0.2) is 27.4 Å². The van der Waals surface area contributed by atoms with Crippen LogP contribution >= 0.6 is 0 Å². The average Bonchev–Trinajstić information content (AvgIpc) is 2.49. The second-order valence-corrected chi connectivity index (χ2v) is 5.33. The highest BCUT2D eigenvalue weighted by Crippen LogP contribution is 2.36. The number of aromatic hydroxyl groups is 2. The fraction of sp³-hybridized carbons (Fsp3) is 0.471. The topological polar surface area (TPSA) is 79.9 Å². The fourth-order valence-electron chi connectivity index (χ4n) is 2.38. The maximum atomic E-state index is 11.8. The molecule has 22 heavy (non-hydrogen) atoms. The third-order valence-corrected chi connectivity index (χ3v) is 3.59. The van der Waals surface area contributed by atoms with Crippen molar-refractivity contribution in [2.45, 2.75) is 45.4 Å². The Kier molecular flexibility index (Phi) is 5.69. The molecule has 1 heterocycles. The van der Waals surface area contributed by atoms with Crippen LogP contribution in [0.25, 0.3) is 11.0 Å². The highest BCUT2D eigenvalue weighted by Gasteiger charge is 2.17. The number of phenols is 1. The summed E-state index contributed by atoms with van der Waals surface area (Å²) in [7, 11) is 0. The van der Waals surface area contributed by atoms with Gasteiger partial charge in [0.05, 0.1) is 6.61 Å². The molecule has 120 valence electrons. The van der Waals surface area contributed by atoms with E-state index < -0.39 is 5.63 Å². The predicted octanol–water partition coefficient (Wildman–Crippen LogP) is 3.94. The van der Waals surface area contributed by atoms with Gasteiger partial charge in [0.15, 0.2) is 5.75 Å². The number of hydrogen-bond donors (Lipinski definition) is 2. The van der Waals surface area contributed by atoms with E-state index in [2.05, 4.69) is 6.92 Å². The minimum atomic E-state index is -0.735. The van der Waals surface area contributed by atoms with Crippen molar-refractivity contribution >= 4 is 11.0 Å². The summed E-state index contributed by atoms with van der Waals surface area (Å²) < 4.78 is 10.4. The van der Waals surface area contributed by atoms with Gasteiger partial charge in [0.2, 0.25) is 5.75 Å². The lowest BCUT2D eigenvalue weighted by molar-refractivity contribution is 0.275. The van der Waals surface area contributed by atoms with Gasteiger partial charge in [0, 0.05) is 0 Å². The maximum absolute atomic E-state index is 11.8. The Hall–Kier alpha value is -2.17. The van der Waals surface area contributed by atoms with E-state index in [1.165, 1.54) is 37.5 Å². The van der Waals surface area contributed by atoms with Gasteiger partial charge in [-0.1, -0.05) is 45.1 Å². The molecule has 0 aliphatic rings. The van der Waals surface area contributed by atoms with Crippen molar-refractivity contribution in [1.29, 1.82) is 0 Å². The first kappa shape index (κ1) is 16.2. The summed E-state index contributed by atoms with van der Waals surface area (Å²) in [5, 5.41) is 20.0. The Morgan fingerprint density at radius 1 is 1.09 bits per heavy atom. The Balaban J connectivity index is 2.02. The summed E-state index contributed by atoms with van der Waals surface area (Å²) in [5.41, 5.74) is -0.601. The van der Waals surface area contributed by atoms with E-state index in [-0.39, 0.29) is 28.2 Å². The first-order valence-corrected chi connectivity index (χ1v) is 7.75. The lowest BCUT2D eigenvalue weighted by Crippen LogP contribution is -2.08. The second-order valence-electron chi connectivity index (χ2n) is 5.33. The summed E-state index contributed by atoms with van der Waals surface area (Å²) >= 11 is 0. The Morgan fingerprint density at radius 2 is 1.82 bits per heavy atom. The van der Waals surface area contributed by atoms with Crippen LogP contribution < -0.4 is 10.4 Å². The van der Waals surface area contributed by atoms with Crippen molar-refractivity contribution in [2.24, 2.45) is 0 Å². The van der Waals surface area contributed by atoms with E-state index in [1.54, 1.807) is 0 Å². The predicted molar refractivity (Wildman–Crippen MR) is 84.7 cm³/mol. The standard InChI is InChI=1S/C17H22O5/c1-2-3-4-5-6-7-11-21-16-15(19)14-12(18)9-8-10-13(14)22-17(16)20/h8-10,18-19H,2-7,11H2,1H3. The Labute approximate surface area is 129 Å². The number of ether oxygens (including phenoxy) is 1. The number of fused-ring (bicyclic) bond motifs is 1.